The molecule has 0 aliphatic carbocycles. The molecule has 1 atom stereocenters. The van der Waals surface area contributed by atoms with Crippen molar-refractivity contribution in [1.29, 1.82) is 0 Å². The average Bonchev–Trinajstić information content (AvgIpc) is 2.78. The highest BCUT2D eigenvalue weighted by Crippen LogP contribution is 2.30. The van der Waals surface area contributed by atoms with Gasteiger partial charge in [0.2, 0.25) is 0 Å². The van der Waals surface area contributed by atoms with E-state index in [9.17, 15) is 0 Å². The van der Waals surface area contributed by atoms with Gasteiger partial charge >= 0.3 is 0 Å². The van der Waals surface area contributed by atoms with Gasteiger partial charge < -0.3 is 5.32 Å². The minimum atomic E-state index is 0.0662. The maximum atomic E-state index is 6.37. The van der Waals surface area contributed by atoms with Gasteiger partial charge in [-0.3, -0.25) is 4.68 Å². The lowest BCUT2D eigenvalue weighted by atomic mass is 9.95. The second-order valence-electron chi connectivity index (χ2n) is 5.11. The summed E-state index contributed by atoms with van der Waals surface area (Å²) >= 11 is 6.37. The van der Waals surface area contributed by atoms with Crippen LogP contribution in [-0.2, 0) is 6.54 Å². The third kappa shape index (κ3) is 2.74. The van der Waals surface area contributed by atoms with Crippen LogP contribution in [0.15, 0.2) is 24.4 Å². The fraction of sp³-hybridized carbons (Fsp3) is 0.438. The summed E-state index contributed by atoms with van der Waals surface area (Å²) in [4.78, 5) is 0. The molecule has 0 radical (unpaired) electrons. The zero-order chi connectivity index (χ0) is 14.7. The van der Waals surface area contributed by atoms with Crippen LogP contribution in [-0.4, -0.2) is 16.8 Å². The molecule has 0 spiro atoms. The fourth-order valence-electron chi connectivity index (χ4n) is 2.57. The lowest BCUT2D eigenvalue weighted by Gasteiger charge is -2.21. The molecule has 0 bridgehead atoms. The molecule has 1 heterocycles. The van der Waals surface area contributed by atoms with Crippen LogP contribution in [0.1, 0.15) is 41.8 Å². The Morgan fingerprint density at radius 2 is 2.10 bits per heavy atom. The summed E-state index contributed by atoms with van der Waals surface area (Å²) in [7, 11) is 1.96. The molecule has 1 N–H and O–H groups in total. The van der Waals surface area contributed by atoms with E-state index in [2.05, 4.69) is 49.4 Å². The summed E-state index contributed by atoms with van der Waals surface area (Å²) in [6.07, 6.45) is 2.77. The maximum Gasteiger partial charge on any atom is 0.0837 e. The van der Waals surface area contributed by atoms with E-state index in [0.29, 0.717) is 0 Å². The Bertz CT molecular complexity index is 589. The fourth-order valence-corrected chi connectivity index (χ4v) is 2.83. The minimum Gasteiger partial charge on any atom is -0.308 e. The number of hydrogen-bond acceptors (Lipinski definition) is 2. The molecule has 0 saturated carbocycles. The molecule has 3 nitrogen and oxygen atoms in total. The van der Waals surface area contributed by atoms with E-state index in [-0.39, 0.29) is 6.04 Å². The Morgan fingerprint density at radius 1 is 1.35 bits per heavy atom. The highest BCUT2D eigenvalue weighted by atomic mass is 35.5. The Hall–Kier alpha value is -1.32. The number of rotatable bonds is 5. The first kappa shape index (κ1) is 15.1. The smallest absolute Gasteiger partial charge is 0.0837 e. The molecule has 108 valence electrons. The Morgan fingerprint density at radius 3 is 2.75 bits per heavy atom. The number of aryl methyl sites for hydroxylation is 2. The predicted octanol–water partition coefficient (Wildman–Crippen LogP) is 3.87. The summed E-state index contributed by atoms with van der Waals surface area (Å²) in [5, 5.41) is 8.50. The summed E-state index contributed by atoms with van der Waals surface area (Å²) in [6, 6.07) is 6.45. The van der Waals surface area contributed by atoms with Crippen molar-refractivity contribution in [2.45, 2.75) is 39.8 Å². The minimum absolute atomic E-state index is 0.0662. The number of benzene rings is 1. The van der Waals surface area contributed by atoms with Gasteiger partial charge in [-0.2, -0.15) is 5.10 Å². The number of hydrogen-bond donors (Lipinski definition) is 1. The lowest BCUT2D eigenvalue weighted by molar-refractivity contribution is 0.534. The molecule has 2 aromatic rings. The van der Waals surface area contributed by atoms with Gasteiger partial charge in [0.05, 0.1) is 23.0 Å². The third-order valence-electron chi connectivity index (χ3n) is 3.79. The van der Waals surface area contributed by atoms with Gasteiger partial charge in [0.15, 0.2) is 0 Å². The van der Waals surface area contributed by atoms with E-state index >= 15 is 0 Å². The van der Waals surface area contributed by atoms with Crippen molar-refractivity contribution < 1.29 is 0 Å². The highest BCUT2D eigenvalue weighted by molar-refractivity contribution is 6.31. The Labute approximate surface area is 126 Å². The molecular formula is C16H22ClN3. The van der Waals surface area contributed by atoms with Crippen LogP contribution in [0.25, 0.3) is 0 Å². The second-order valence-corrected chi connectivity index (χ2v) is 5.52. The van der Waals surface area contributed by atoms with Gasteiger partial charge in [0.25, 0.3) is 0 Å². The molecule has 2 rings (SSSR count). The summed E-state index contributed by atoms with van der Waals surface area (Å²) in [5.74, 6) is 0. The Balaban J connectivity index is 2.52. The topological polar surface area (TPSA) is 29.9 Å². The number of aromatic nitrogens is 2. The van der Waals surface area contributed by atoms with Crippen LogP contribution in [0.3, 0.4) is 0 Å². The van der Waals surface area contributed by atoms with Crippen molar-refractivity contribution in [3.63, 3.8) is 0 Å². The van der Waals surface area contributed by atoms with Crippen LogP contribution in [0.2, 0.25) is 5.02 Å². The highest BCUT2D eigenvalue weighted by Gasteiger charge is 2.22. The van der Waals surface area contributed by atoms with Gasteiger partial charge in [0.1, 0.15) is 0 Å². The van der Waals surface area contributed by atoms with Crippen molar-refractivity contribution >= 4 is 11.6 Å². The zero-order valence-corrected chi connectivity index (χ0v) is 13.3. The predicted molar refractivity (Wildman–Crippen MR) is 84.3 cm³/mol. The van der Waals surface area contributed by atoms with Gasteiger partial charge in [-0.05, 0) is 44.0 Å². The molecular weight excluding hydrogens is 270 g/mol. The monoisotopic (exact) mass is 291 g/mol. The molecule has 4 heteroatoms. The zero-order valence-electron chi connectivity index (χ0n) is 12.6. The number of nitrogens with zero attached hydrogens (tertiary/aromatic N) is 2. The molecule has 0 saturated heterocycles. The van der Waals surface area contributed by atoms with Crippen LogP contribution >= 0.6 is 11.6 Å². The summed E-state index contributed by atoms with van der Waals surface area (Å²) in [5.41, 5.74) is 4.89. The first-order valence-corrected chi connectivity index (χ1v) is 7.42. The average molecular weight is 292 g/mol. The molecule has 1 aromatic carbocycles. The number of halogens is 1. The maximum absolute atomic E-state index is 6.37. The van der Waals surface area contributed by atoms with E-state index in [0.717, 1.165) is 23.7 Å². The van der Waals surface area contributed by atoms with E-state index in [1.807, 2.05) is 11.7 Å². The molecule has 20 heavy (non-hydrogen) atoms. The van der Waals surface area contributed by atoms with Crippen molar-refractivity contribution in [1.82, 2.24) is 15.1 Å². The summed E-state index contributed by atoms with van der Waals surface area (Å²) in [6.45, 7) is 7.32. The van der Waals surface area contributed by atoms with E-state index in [1.54, 1.807) is 6.20 Å². The first-order chi connectivity index (χ1) is 9.60. The SMILES string of the molecule is CCCn1ncc(Cl)c1C(NC)c1cccc(C)c1C. The largest absolute Gasteiger partial charge is 0.308 e. The lowest BCUT2D eigenvalue weighted by Crippen LogP contribution is -2.23. The van der Waals surface area contributed by atoms with Gasteiger partial charge in [0, 0.05) is 6.54 Å². The van der Waals surface area contributed by atoms with Crippen LogP contribution < -0.4 is 5.32 Å². The van der Waals surface area contributed by atoms with Crippen LogP contribution in [0.4, 0.5) is 0 Å². The quantitative estimate of drug-likeness (QED) is 0.906. The summed E-state index contributed by atoms with van der Waals surface area (Å²) < 4.78 is 2.01. The van der Waals surface area contributed by atoms with E-state index < -0.39 is 0 Å². The molecule has 0 amide bonds. The van der Waals surface area contributed by atoms with Crippen LogP contribution in [0, 0.1) is 13.8 Å². The van der Waals surface area contributed by atoms with Crippen molar-refractivity contribution in [2.75, 3.05) is 7.05 Å². The standard InChI is InChI=1S/C16H22ClN3/c1-5-9-20-16(14(17)10-19-20)15(18-4)13-8-6-7-11(2)12(13)3/h6-8,10,15,18H,5,9H2,1-4H3. The Kier molecular flexibility index (Phi) is 4.84. The molecule has 1 unspecified atom stereocenters. The second kappa shape index (κ2) is 6.42. The number of nitrogens with one attached hydrogen (secondary N) is 1. The van der Waals surface area contributed by atoms with Gasteiger partial charge in [-0.15, -0.1) is 0 Å². The van der Waals surface area contributed by atoms with Crippen LogP contribution in [0.5, 0.6) is 0 Å². The van der Waals surface area contributed by atoms with Gasteiger partial charge in [-0.25, -0.2) is 0 Å². The first-order valence-electron chi connectivity index (χ1n) is 7.04. The van der Waals surface area contributed by atoms with E-state index in [4.69, 9.17) is 11.6 Å². The third-order valence-corrected chi connectivity index (χ3v) is 4.08. The normalized spacial score (nSPS) is 12.7. The molecule has 0 fully saturated rings. The van der Waals surface area contributed by atoms with Gasteiger partial charge in [-0.1, -0.05) is 36.7 Å². The van der Waals surface area contributed by atoms with Crippen molar-refractivity contribution in [2.24, 2.45) is 0 Å². The van der Waals surface area contributed by atoms with E-state index in [1.165, 1.54) is 16.7 Å². The van der Waals surface area contributed by atoms with Crippen molar-refractivity contribution in [3.05, 3.63) is 51.8 Å². The molecule has 0 aliphatic rings. The molecule has 0 aliphatic heterocycles. The molecule has 1 aromatic heterocycles. The van der Waals surface area contributed by atoms with Crippen molar-refractivity contribution in [3.8, 4) is 0 Å².